The predicted molar refractivity (Wildman–Crippen MR) is 80.8 cm³/mol. The molecule has 2 atom stereocenters. The first-order valence-corrected chi connectivity index (χ1v) is 7.39. The molecular formula is C16H21FN2O3. The van der Waals surface area contributed by atoms with Crippen LogP contribution in [0.25, 0.3) is 0 Å². The number of rotatable bonds is 3. The maximum atomic E-state index is 13.0. The third kappa shape index (κ3) is 3.82. The van der Waals surface area contributed by atoms with Crippen LogP contribution in [0.2, 0.25) is 0 Å². The SMILES string of the molecule is Cc1cc(F)ccc1NC(=O)C(=O)N(C)CC1CCCC1O. The van der Waals surface area contributed by atoms with E-state index in [0.29, 0.717) is 17.8 Å². The van der Waals surface area contributed by atoms with Gasteiger partial charge in [-0.15, -0.1) is 0 Å². The van der Waals surface area contributed by atoms with E-state index in [4.69, 9.17) is 0 Å². The Morgan fingerprint density at radius 2 is 2.14 bits per heavy atom. The second-order valence-corrected chi connectivity index (χ2v) is 5.86. The van der Waals surface area contributed by atoms with Gasteiger partial charge in [0.05, 0.1) is 6.10 Å². The van der Waals surface area contributed by atoms with E-state index in [-0.39, 0.29) is 5.92 Å². The first-order chi connectivity index (χ1) is 10.4. The number of aliphatic hydroxyl groups excluding tert-OH is 1. The number of nitrogens with zero attached hydrogens (tertiary/aromatic N) is 1. The van der Waals surface area contributed by atoms with E-state index in [2.05, 4.69) is 5.32 Å². The molecule has 1 fully saturated rings. The predicted octanol–water partition coefficient (Wildman–Crippen LogP) is 1.69. The number of aliphatic hydroxyl groups is 1. The van der Waals surface area contributed by atoms with Crippen LogP contribution in [0.15, 0.2) is 18.2 Å². The van der Waals surface area contributed by atoms with Crippen LogP contribution < -0.4 is 5.32 Å². The molecule has 0 bridgehead atoms. The van der Waals surface area contributed by atoms with E-state index in [1.54, 1.807) is 14.0 Å². The summed E-state index contributed by atoms with van der Waals surface area (Å²) < 4.78 is 13.0. The number of nitrogens with one attached hydrogen (secondary N) is 1. The molecule has 2 N–H and O–H groups in total. The number of anilines is 1. The summed E-state index contributed by atoms with van der Waals surface area (Å²) in [5.41, 5.74) is 0.962. The molecular weight excluding hydrogens is 287 g/mol. The van der Waals surface area contributed by atoms with Crippen LogP contribution in [0.5, 0.6) is 0 Å². The van der Waals surface area contributed by atoms with Gasteiger partial charge in [-0.05, 0) is 43.5 Å². The van der Waals surface area contributed by atoms with E-state index >= 15 is 0 Å². The molecule has 1 aliphatic carbocycles. The zero-order valence-electron chi connectivity index (χ0n) is 12.8. The van der Waals surface area contributed by atoms with Gasteiger partial charge in [0.2, 0.25) is 0 Å². The van der Waals surface area contributed by atoms with Crippen LogP contribution >= 0.6 is 0 Å². The third-order valence-electron chi connectivity index (χ3n) is 4.10. The van der Waals surface area contributed by atoms with Gasteiger partial charge < -0.3 is 15.3 Å². The summed E-state index contributed by atoms with van der Waals surface area (Å²) in [5.74, 6) is -1.80. The van der Waals surface area contributed by atoms with Gasteiger partial charge in [0.15, 0.2) is 0 Å². The molecule has 2 unspecified atom stereocenters. The normalized spacial score (nSPS) is 20.7. The van der Waals surface area contributed by atoms with Crippen molar-refractivity contribution in [3.63, 3.8) is 0 Å². The van der Waals surface area contributed by atoms with Crippen molar-refractivity contribution in [2.45, 2.75) is 32.3 Å². The summed E-state index contributed by atoms with van der Waals surface area (Å²) in [6, 6.07) is 3.95. The molecule has 0 saturated heterocycles. The molecule has 1 aliphatic rings. The van der Waals surface area contributed by atoms with Gasteiger partial charge in [-0.1, -0.05) is 6.42 Å². The van der Waals surface area contributed by atoms with E-state index in [1.165, 1.54) is 23.1 Å². The number of benzene rings is 1. The van der Waals surface area contributed by atoms with E-state index in [1.807, 2.05) is 0 Å². The number of halogens is 1. The van der Waals surface area contributed by atoms with Crippen molar-refractivity contribution in [3.8, 4) is 0 Å². The smallest absolute Gasteiger partial charge is 0.313 e. The molecule has 120 valence electrons. The van der Waals surface area contributed by atoms with Crippen molar-refractivity contribution in [3.05, 3.63) is 29.6 Å². The van der Waals surface area contributed by atoms with Crippen molar-refractivity contribution < 1.29 is 19.1 Å². The lowest BCUT2D eigenvalue weighted by atomic mass is 10.1. The maximum Gasteiger partial charge on any atom is 0.313 e. The lowest BCUT2D eigenvalue weighted by molar-refractivity contribution is -0.142. The van der Waals surface area contributed by atoms with E-state index < -0.39 is 23.7 Å². The summed E-state index contributed by atoms with van der Waals surface area (Å²) in [5, 5.41) is 12.3. The minimum absolute atomic E-state index is 0.0225. The Hall–Kier alpha value is -1.95. The number of likely N-dealkylation sites (N-methyl/N-ethyl adjacent to an activating group) is 1. The molecule has 0 spiro atoms. The Bertz CT molecular complexity index is 577. The van der Waals surface area contributed by atoms with E-state index in [9.17, 15) is 19.1 Å². The van der Waals surface area contributed by atoms with Crippen molar-refractivity contribution >= 4 is 17.5 Å². The summed E-state index contributed by atoms with van der Waals surface area (Å²) in [7, 11) is 1.55. The van der Waals surface area contributed by atoms with Gasteiger partial charge in [-0.3, -0.25) is 9.59 Å². The number of hydrogen-bond acceptors (Lipinski definition) is 3. The molecule has 0 radical (unpaired) electrons. The first kappa shape index (κ1) is 16.4. The van der Waals surface area contributed by atoms with Gasteiger partial charge >= 0.3 is 11.8 Å². The van der Waals surface area contributed by atoms with Gasteiger partial charge in [-0.25, -0.2) is 4.39 Å². The van der Waals surface area contributed by atoms with Gasteiger partial charge in [0.25, 0.3) is 0 Å². The molecule has 0 aliphatic heterocycles. The number of amides is 2. The van der Waals surface area contributed by atoms with Crippen molar-refractivity contribution in [1.29, 1.82) is 0 Å². The summed E-state index contributed by atoms with van der Waals surface area (Å²) >= 11 is 0. The van der Waals surface area contributed by atoms with Gasteiger partial charge in [-0.2, -0.15) is 0 Å². The molecule has 22 heavy (non-hydrogen) atoms. The number of carbonyl (C=O) groups excluding carboxylic acids is 2. The fraction of sp³-hybridized carbons (Fsp3) is 0.500. The minimum atomic E-state index is -0.760. The fourth-order valence-electron chi connectivity index (χ4n) is 2.78. The Labute approximate surface area is 129 Å². The van der Waals surface area contributed by atoms with Gasteiger partial charge in [0, 0.05) is 25.2 Å². The van der Waals surface area contributed by atoms with Crippen LogP contribution in [0, 0.1) is 18.7 Å². The molecule has 1 aromatic rings. The second-order valence-electron chi connectivity index (χ2n) is 5.86. The first-order valence-electron chi connectivity index (χ1n) is 7.39. The molecule has 2 amide bonds. The monoisotopic (exact) mass is 308 g/mol. The maximum absolute atomic E-state index is 13.0. The quantitative estimate of drug-likeness (QED) is 0.835. The summed E-state index contributed by atoms with van der Waals surface area (Å²) in [6.07, 6.45) is 2.14. The largest absolute Gasteiger partial charge is 0.393 e. The Morgan fingerprint density at radius 1 is 1.41 bits per heavy atom. The number of carbonyl (C=O) groups is 2. The molecule has 1 saturated carbocycles. The highest BCUT2D eigenvalue weighted by atomic mass is 19.1. The highest BCUT2D eigenvalue weighted by Gasteiger charge is 2.29. The van der Waals surface area contributed by atoms with Crippen LogP contribution in [0.3, 0.4) is 0 Å². The standard InChI is InChI=1S/C16H21FN2O3/c1-10-8-12(17)6-7-13(10)18-15(21)16(22)19(2)9-11-4-3-5-14(11)20/h6-8,11,14,20H,3-5,9H2,1-2H3,(H,18,21). The Kier molecular flexibility index (Phi) is 5.13. The second kappa shape index (κ2) is 6.87. The summed E-state index contributed by atoms with van der Waals surface area (Å²) in [6.45, 7) is 2.01. The van der Waals surface area contributed by atoms with Crippen LogP contribution in [0.1, 0.15) is 24.8 Å². The zero-order chi connectivity index (χ0) is 16.3. The topological polar surface area (TPSA) is 69.6 Å². The molecule has 1 aromatic carbocycles. The summed E-state index contributed by atoms with van der Waals surface area (Å²) in [4.78, 5) is 25.4. The van der Waals surface area contributed by atoms with Crippen LogP contribution in [0.4, 0.5) is 10.1 Å². The Morgan fingerprint density at radius 3 is 2.73 bits per heavy atom. The molecule has 0 heterocycles. The molecule has 5 nitrogen and oxygen atoms in total. The van der Waals surface area contributed by atoms with Crippen molar-refractivity contribution in [1.82, 2.24) is 4.90 Å². The molecule has 2 rings (SSSR count). The third-order valence-corrected chi connectivity index (χ3v) is 4.10. The average Bonchev–Trinajstić information content (AvgIpc) is 2.86. The lowest BCUT2D eigenvalue weighted by Gasteiger charge is -2.22. The minimum Gasteiger partial charge on any atom is -0.393 e. The van der Waals surface area contributed by atoms with Crippen LogP contribution in [-0.4, -0.2) is 41.5 Å². The van der Waals surface area contributed by atoms with Crippen LogP contribution in [-0.2, 0) is 9.59 Å². The average molecular weight is 308 g/mol. The lowest BCUT2D eigenvalue weighted by Crippen LogP contribution is -2.41. The van der Waals surface area contributed by atoms with Gasteiger partial charge in [0.1, 0.15) is 5.82 Å². The number of hydrogen-bond donors (Lipinski definition) is 2. The number of aryl methyl sites for hydroxylation is 1. The van der Waals surface area contributed by atoms with E-state index in [0.717, 1.165) is 19.3 Å². The highest BCUT2D eigenvalue weighted by molar-refractivity contribution is 6.39. The Balaban J connectivity index is 1.95. The zero-order valence-corrected chi connectivity index (χ0v) is 12.8. The highest BCUT2D eigenvalue weighted by Crippen LogP contribution is 2.26. The molecule has 6 heteroatoms. The fourth-order valence-corrected chi connectivity index (χ4v) is 2.78. The van der Waals surface area contributed by atoms with Crippen molar-refractivity contribution in [2.24, 2.45) is 5.92 Å². The molecule has 0 aromatic heterocycles. The van der Waals surface area contributed by atoms with Crippen molar-refractivity contribution in [2.75, 3.05) is 18.9 Å².